The van der Waals surface area contributed by atoms with Gasteiger partial charge in [-0.05, 0) is 18.6 Å². The molecule has 0 N–H and O–H groups in total. The summed E-state index contributed by atoms with van der Waals surface area (Å²) < 4.78 is 0. The first-order chi connectivity index (χ1) is 9.33. The van der Waals surface area contributed by atoms with Crippen LogP contribution in [0.25, 0.3) is 22.4 Å². The molecule has 1 heteroatoms. The molecule has 0 unspecified atom stereocenters. The van der Waals surface area contributed by atoms with E-state index >= 15 is 0 Å². The highest BCUT2D eigenvalue weighted by atomic mass is 14.7. The number of aryl methyl sites for hydroxylation is 1. The van der Waals surface area contributed by atoms with Crippen molar-refractivity contribution in [2.24, 2.45) is 0 Å². The lowest BCUT2D eigenvalue weighted by Crippen LogP contribution is -1.85. The molecule has 0 saturated heterocycles. The van der Waals surface area contributed by atoms with Gasteiger partial charge in [-0.1, -0.05) is 66.2 Å². The van der Waals surface area contributed by atoms with Gasteiger partial charge < -0.3 is 0 Å². The lowest BCUT2D eigenvalue weighted by Gasteiger charge is -2.04. The van der Waals surface area contributed by atoms with Crippen molar-refractivity contribution in [1.29, 1.82) is 0 Å². The highest BCUT2D eigenvalue weighted by molar-refractivity contribution is 5.66. The summed E-state index contributed by atoms with van der Waals surface area (Å²) >= 11 is 0. The Kier molecular flexibility index (Phi) is 3.11. The monoisotopic (exact) mass is 245 g/mol. The zero-order chi connectivity index (χ0) is 13.1. The summed E-state index contributed by atoms with van der Waals surface area (Å²) in [6, 6.07) is 23.0. The largest absolute Gasteiger partial charge is 0.256 e. The van der Waals surface area contributed by atoms with Crippen LogP contribution < -0.4 is 0 Å². The molecular formula is C18H15N. The van der Waals surface area contributed by atoms with Crippen molar-refractivity contribution in [2.45, 2.75) is 6.92 Å². The van der Waals surface area contributed by atoms with Gasteiger partial charge in [0.25, 0.3) is 0 Å². The minimum absolute atomic E-state index is 1.01. The number of pyridine rings is 1. The number of benzene rings is 2. The second-order valence-electron chi connectivity index (χ2n) is 4.66. The highest BCUT2D eigenvalue weighted by Gasteiger charge is 2.00. The maximum Gasteiger partial charge on any atom is 0.0702 e. The van der Waals surface area contributed by atoms with Crippen molar-refractivity contribution in [3.05, 3.63) is 78.5 Å². The van der Waals surface area contributed by atoms with Crippen LogP contribution in [0.15, 0.2) is 72.9 Å². The molecule has 0 aliphatic carbocycles. The third-order valence-electron chi connectivity index (χ3n) is 3.22. The Labute approximate surface area is 113 Å². The molecule has 0 radical (unpaired) electrons. The van der Waals surface area contributed by atoms with Gasteiger partial charge in [-0.3, -0.25) is 4.98 Å². The standard InChI is InChI=1S/C18H15N/c1-14-7-9-15(10-8-14)17-11-12-18(19-13-17)16-5-3-2-4-6-16/h2-13H,1H3. The van der Waals surface area contributed by atoms with Crippen LogP contribution >= 0.6 is 0 Å². The summed E-state index contributed by atoms with van der Waals surface area (Å²) in [7, 11) is 0. The van der Waals surface area contributed by atoms with Crippen LogP contribution in [0.1, 0.15) is 5.56 Å². The molecule has 0 aliphatic heterocycles. The summed E-state index contributed by atoms with van der Waals surface area (Å²) in [4.78, 5) is 4.55. The van der Waals surface area contributed by atoms with Crippen molar-refractivity contribution in [3.8, 4) is 22.4 Å². The summed E-state index contributed by atoms with van der Waals surface area (Å²) in [6.45, 7) is 2.10. The first kappa shape index (κ1) is 11.7. The van der Waals surface area contributed by atoms with Gasteiger partial charge in [-0.2, -0.15) is 0 Å². The molecule has 3 rings (SSSR count). The predicted molar refractivity (Wildman–Crippen MR) is 79.8 cm³/mol. The molecule has 3 aromatic rings. The van der Waals surface area contributed by atoms with Crippen molar-refractivity contribution in [3.63, 3.8) is 0 Å². The molecule has 2 aromatic carbocycles. The van der Waals surface area contributed by atoms with Gasteiger partial charge in [0, 0.05) is 17.3 Å². The van der Waals surface area contributed by atoms with Crippen molar-refractivity contribution in [1.82, 2.24) is 4.98 Å². The number of aromatic nitrogens is 1. The summed E-state index contributed by atoms with van der Waals surface area (Å²) in [5, 5.41) is 0. The summed E-state index contributed by atoms with van der Waals surface area (Å²) in [5.41, 5.74) is 5.80. The van der Waals surface area contributed by atoms with Gasteiger partial charge in [-0.15, -0.1) is 0 Å². The van der Waals surface area contributed by atoms with Crippen molar-refractivity contribution < 1.29 is 0 Å². The Balaban J connectivity index is 1.93. The zero-order valence-electron chi connectivity index (χ0n) is 10.9. The fourth-order valence-electron chi connectivity index (χ4n) is 2.09. The average molecular weight is 245 g/mol. The third-order valence-corrected chi connectivity index (χ3v) is 3.22. The molecule has 0 aliphatic rings. The van der Waals surface area contributed by atoms with E-state index in [0.29, 0.717) is 0 Å². The molecule has 1 aromatic heterocycles. The fraction of sp³-hybridized carbons (Fsp3) is 0.0556. The minimum Gasteiger partial charge on any atom is -0.256 e. The van der Waals surface area contributed by atoms with E-state index in [1.807, 2.05) is 24.4 Å². The average Bonchev–Trinajstić information content (AvgIpc) is 2.49. The van der Waals surface area contributed by atoms with Gasteiger partial charge in [0.2, 0.25) is 0 Å². The Morgan fingerprint density at radius 2 is 1.32 bits per heavy atom. The molecule has 0 spiro atoms. The molecule has 0 bridgehead atoms. The molecular weight excluding hydrogens is 230 g/mol. The lowest BCUT2D eigenvalue weighted by molar-refractivity contribution is 1.32. The first-order valence-electron chi connectivity index (χ1n) is 6.41. The lowest BCUT2D eigenvalue weighted by atomic mass is 10.0. The maximum atomic E-state index is 4.55. The van der Waals surface area contributed by atoms with Crippen LogP contribution in [-0.2, 0) is 0 Å². The predicted octanol–water partition coefficient (Wildman–Crippen LogP) is 4.72. The second-order valence-corrected chi connectivity index (χ2v) is 4.66. The molecule has 92 valence electrons. The molecule has 1 nitrogen and oxygen atoms in total. The molecule has 1 heterocycles. The van der Waals surface area contributed by atoms with Crippen LogP contribution in [0.2, 0.25) is 0 Å². The highest BCUT2D eigenvalue weighted by Crippen LogP contribution is 2.22. The van der Waals surface area contributed by atoms with E-state index in [1.165, 1.54) is 11.1 Å². The smallest absolute Gasteiger partial charge is 0.0702 e. The summed E-state index contributed by atoms with van der Waals surface area (Å²) in [5.74, 6) is 0. The minimum atomic E-state index is 1.01. The van der Waals surface area contributed by atoms with Gasteiger partial charge in [-0.25, -0.2) is 0 Å². The van der Waals surface area contributed by atoms with Crippen molar-refractivity contribution >= 4 is 0 Å². The van der Waals surface area contributed by atoms with E-state index in [0.717, 1.165) is 16.8 Å². The van der Waals surface area contributed by atoms with E-state index < -0.39 is 0 Å². The molecule has 0 atom stereocenters. The second kappa shape index (κ2) is 5.07. The summed E-state index contributed by atoms with van der Waals surface area (Å²) in [6.07, 6.45) is 1.94. The topological polar surface area (TPSA) is 12.9 Å². The van der Waals surface area contributed by atoms with E-state index in [4.69, 9.17) is 0 Å². The fourth-order valence-corrected chi connectivity index (χ4v) is 2.09. The number of hydrogen-bond acceptors (Lipinski definition) is 1. The quantitative estimate of drug-likeness (QED) is 0.636. The molecule has 0 amide bonds. The van der Waals surface area contributed by atoms with Crippen LogP contribution in [-0.4, -0.2) is 4.98 Å². The van der Waals surface area contributed by atoms with E-state index in [9.17, 15) is 0 Å². The Morgan fingerprint density at radius 3 is 1.95 bits per heavy atom. The van der Waals surface area contributed by atoms with Crippen LogP contribution in [0.4, 0.5) is 0 Å². The third kappa shape index (κ3) is 2.55. The first-order valence-corrected chi connectivity index (χ1v) is 6.41. The Morgan fingerprint density at radius 1 is 0.632 bits per heavy atom. The van der Waals surface area contributed by atoms with Crippen molar-refractivity contribution in [2.75, 3.05) is 0 Å². The van der Waals surface area contributed by atoms with Gasteiger partial charge in [0.15, 0.2) is 0 Å². The van der Waals surface area contributed by atoms with Crippen LogP contribution in [0.3, 0.4) is 0 Å². The maximum absolute atomic E-state index is 4.55. The Bertz CT molecular complexity index is 652. The van der Waals surface area contributed by atoms with Crippen LogP contribution in [0.5, 0.6) is 0 Å². The van der Waals surface area contributed by atoms with Gasteiger partial charge >= 0.3 is 0 Å². The van der Waals surface area contributed by atoms with Gasteiger partial charge in [0.05, 0.1) is 5.69 Å². The van der Waals surface area contributed by atoms with E-state index in [2.05, 4.69) is 60.4 Å². The molecule has 0 saturated carbocycles. The zero-order valence-corrected chi connectivity index (χ0v) is 10.9. The van der Waals surface area contributed by atoms with Gasteiger partial charge in [0.1, 0.15) is 0 Å². The Hall–Kier alpha value is -2.41. The van der Waals surface area contributed by atoms with E-state index in [1.54, 1.807) is 0 Å². The number of hydrogen-bond donors (Lipinski definition) is 0. The van der Waals surface area contributed by atoms with E-state index in [-0.39, 0.29) is 0 Å². The normalized spacial score (nSPS) is 10.4. The molecule has 19 heavy (non-hydrogen) atoms. The number of nitrogens with zero attached hydrogens (tertiary/aromatic N) is 1. The molecule has 0 fully saturated rings. The SMILES string of the molecule is Cc1ccc(-c2ccc(-c3ccccc3)nc2)cc1. The number of rotatable bonds is 2. The van der Waals surface area contributed by atoms with Crippen LogP contribution in [0, 0.1) is 6.92 Å².